The van der Waals surface area contributed by atoms with E-state index in [9.17, 15) is 13.6 Å². The van der Waals surface area contributed by atoms with Gasteiger partial charge in [-0.3, -0.25) is 9.48 Å². The highest BCUT2D eigenvalue weighted by Crippen LogP contribution is 2.27. The normalized spacial score (nSPS) is 12.3. The highest BCUT2D eigenvalue weighted by atomic mass is 35.5. The van der Waals surface area contributed by atoms with Gasteiger partial charge in [0.15, 0.2) is 0 Å². The number of carbonyl (C=O) groups excluding carboxylic acids is 1. The summed E-state index contributed by atoms with van der Waals surface area (Å²) in [5, 5.41) is 7.68. The van der Waals surface area contributed by atoms with Crippen LogP contribution in [0.4, 0.5) is 14.5 Å². The quantitative estimate of drug-likeness (QED) is 0.803. The Bertz CT molecular complexity index is 777. The fourth-order valence-electron chi connectivity index (χ4n) is 2.58. The average Bonchev–Trinajstić information content (AvgIpc) is 2.78. The van der Waals surface area contributed by atoms with E-state index >= 15 is 0 Å². The zero-order chi connectivity index (χ0) is 18.7. The van der Waals surface area contributed by atoms with E-state index in [-0.39, 0.29) is 11.7 Å². The minimum atomic E-state index is -2.89. The number of amides is 1. The molecule has 0 aliphatic rings. The molecule has 8 heteroatoms. The van der Waals surface area contributed by atoms with Gasteiger partial charge in [0.2, 0.25) is 5.91 Å². The van der Waals surface area contributed by atoms with Gasteiger partial charge in [0.1, 0.15) is 11.8 Å². The Morgan fingerprint density at radius 3 is 2.52 bits per heavy atom. The van der Waals surface area contributed by atoms with Crippen molar-refractivity contribution >= 4 is 23.2 Å². The van der Waals surface area contributed by atoms with Gasteiger partial charge in [-0.25, -0.2) is 0 Å². The maximum Gasteiger partial charge on any atom is 0.387 e. The van der Waals surface area contributed by atoms with E-state index in [0.29, 0.717) is 28.4 Å². The number of aromatic nitrogens is 2. The van der Waals surface area contributed by atoms with E-state index in [1.165, 1.54) is 18.2 Å². The minimum Gasteiger partial charge on any atom is -0.435 e. The van der Waals surface area contributed by atoms with Crippen LogP contribution in [-0.4, -0.2) is 22.3 Å². The van der Waals surface area contributed by atoms with Crippen molar-refractivity contribution in [1.82, 2.24) is 9.78 Å². The molecule has 136 valence electrons. The number of hydrogen-bond donors (Lipinski definition) is 1. The molecular formula is C17H20ClF2N3O2. The Balaban J connectivity index is 2.21. The molecule has 2 aromatic rings. The molecule has 2 rings (SSSR count). The van der Waals surface area contributed by atoms with Crippen LogP contribution < -0.4 is 10.1 Å². The van der Waals surface area contributed by atoms with Crippen molar-refractivity contribution in [3.63, 3.8) is 0 Å². The van der Waals surface area contributed by atoms with E-state index in [1.54, 1.807) is 25.5 Å². The molecular weight excluding hydrogens is 352 g/mol. The van der Waals surface area contributed by atoms with Crippen LogP contribution in [-0.2, 0) is 4.79 Å². The first-order valence-electron chi connectivity index (χ1n) is 7.82. The number of nitrogens with one attached hydrogen (secondary N) is 1. The number of carbonyl (C=O) groups is 1. The maximum absolute atomic E-state index is 12.7. The Morgan fingerprint density at radius 2 is 2.04 bits per heavy atom. The SMILES string of the molecule is CCC(C(=O)Nc1ccc(OC(F)F)cc1C)n1nc(C)c(Cl)c1C. The summed E-state index contributed by atoms with van der Waals surface area (Å²) in [5.74, 6) is -0.210. The summed E-state index contributed by atoms with van der Waals surface area (Å²) in [6.45, 7) is 4.28. The van der Waals surface area contributed by atoms with Gasteiger partial charge in [-0.1, -0.05) is 18.5 Å². The third kappa shape index (κ3) is 4.28. The molecule has 1 unspecified atom stereocenters. The van der Waals surface area contributed by atoms with Crippen molar-refractivity contribution < 1.29 is 18.3 Å². The molecule has 25 heavy (non-hydrogen) atoms. The lowest BCUT2D eigenvalue weighted by Gasteiger charge is -2.18. The van der Waals surface area contributed by atoms with Crippen LogP contribution in [0.25, 0.3) is 0 Å². The summed E-state index contributed by atoms with van der Waals surface area (Å²) in [6.07, 6.45) is 0.524. The molecule has 1 aromatic heterocycles. The first kappa shape index (κ1) is 19.2. The average molecular weight is 372 g/mol. The van der Waals surface area contributed by atoms with Gasteiger partial charge in [-0.05, 0) is 51.0 Å². The van der Waals surface area contributed by atoms with E-state index in [2.05, 4.69) is 15.2 Å². The fraction of sp³-hybridized carbons (Fsp3) is 0.412. The van der Waals surface area contributed by atoms with Crippen molar-refractivity contribution in [2.75, 3.05) is 5.32 Å². The van der Waals surface area contributed by atoms with E-state index in [1.807, 2.05) is 6.92 Å². The topological polar surface area (TPSA) is 56.1 Å². The molecule has 0 fully saturated rings. The Hall–Kier alpha value is -2.15. The first-order valence-corrected chi connectivity index (χ1v) is 8.19. The molecule has 1 atom stereocenters. The summed E-state index contributed by atoms with van der Waals surface area (Å²) in [4.78, 5) is 12.7. The first-order chi connectivity index (χ1) is 11.7. The van der Waals surface area contributed by atoms with E-state index in [4.69, 9.17) is 11.6 Å². The lowest BCUT2D eigenvalue weighted by molar-refractivity contribution is -0.119. The van der Waals surface area contributed by atoms with Crippen LogP contribution in [0.2, 0.25) is 5.02 Å². The third-order valence-electron chi connectivity index (χ3n) is 3.90. The van der Waals surface area contributed by atoms with Crippen LogP contribution in [0.15, 0.2) is 18.2 Å². The molecule has 1 amide bonds. The second-order valence-corrected chi connectivity index (χ2v) is 6.08. The van der Waals surface area contributed by atoms with Crippen LogP contribution >= 0.6 is 11.6 Å². The van der Waals surface area contributed by atoms with Crippen molar-refractivity contribution in [3.8, 4) is 5.75 Å². The summed E-state index contributed by atoms with van der Waals surface area (Å²) in [5.41, 5.74) is 2.53. The molecule has 0 aliphatic heterocycles. The molecule has 0 spiro atoms. The third-order valence-corrected chi connectivity index (χ3v) is 4.45. The summed E-state index contributed by atoms with van der Waals surface area (Å²) in [6, 6.07) is 3.84. The Labute approximate surface area is 149 Å². The predicted octanol–water partition coefficient (Wildman–Crippen LogP) is 4.65. The smallest absolute Gasteiger partial charge is 0.387 e. The van der Waals surface area contributed by atoms with Crippen LogP contribution in [0.5, 0.6) is 5.75 Å². The standard InChI is InChI=1S/C17H20ClF2N3O2/c1-5-14(23-11(4)15(18)10(3)22-23)16(24)21-13-7-6-12(8-9(13)2)25-17(19)20/h6-8,14,17H,5H2,1-4H3,(H,21,24). The molecule has 0 bridgehead atoms. The number of nitrogens with zero attached hydrogens (tertiary/aromatic N) is 2. The Morgan fingerprint density at radius 1 is 1.36 bits per heavy atom. The van der Waals surface area contributed by atoms with Gasteiger partial charge in [0.25, 0.3) is 0 Å². The van der Waals surface area contributed by atoms with Crippen LogP contribution in [0.1, 0.15) is 36.3 Å². The number of ether oxygens (including phenoxy) is 1. The molecule has 0 saturated heterocycles. The molecule has 1 heterocycles. The van der Waals surface area contributed by atoms with E-state index < -0.39 is 12.7 Å². The van der Waals surface area contributed by atoms with Gasteiger partial charge in [0, 0.05) is 5.69 Å². The summed E-state index contributed by atoms with van der Waals surface area (Å²) in [7, 11) is 0. The number of hydrogen-bond acceptors (Lipinski definition) is 3. The van der Waals surface area contributed by atoms with Crippen LogP contribution in [0.3, 0.4) is 0 Å². The second-order valence-electron chi connectivity index (χ2n) is 5.70. The Kier molecular flexibility index (Phi) is 6.00. The molecule has 1 N–H and O–H groups in total. The molecule has 5 nitrogen and oxygen atoms in total. The predicted molar refractivity (Wildman–Crippen MR) is 92.5 cm³/mol. The number of benzene rings is 1. The lowest BCUT2D eigenvalue weighted by atomic mass is 10.1. The summed E-state index contributed by atoms with van der Waals surface area (Å²) >= 11 is 6.16. The van der Waals surface area contributed by atoms with Gasteiger partial charge >= 0.3 is 6.61 Å². The largest absolute Gasteiger partial charge is 0.435 e. The van der Waals surface area contributed by atoms with Gasteiger partial charge in [-0.2, -0.15) is 13.9 Å². The van der Waals surface area contributed by atoms with Gasteiger partial charge in [-0.15, -0.1) is 0 Å². The summed E-state index contributed by atoms with van der Waals surface area (Å²) < 4.78 is 30.5. The lowest BCUT2D eigenvalue weighted by Crippen LogP contribution is -2.27. The van der Waals surface area contributed by atoms with Gasteiger partial charge in [0.05, 0.1) is 16.4 Å². The van der Waals surface area contributed by atoms with Crippen LogP contribution in [0, 0.1) is 20.8 Å². The number of rotatable bonds is 6. The number of aryl methyl sites for hydroxylation is 2. The molecule has 0 aliphatic carbocycles. The fourth-order valence-corrected chi connectivity index (χ4v) is 2.71. The molecule has 0 saturated carbocycles. The van der Waals surface area contributed by atoms with E-state index in [0.717, 1.165) is 5.69 Å². The zero-order valence-electron chi connectivity index (χ0n) is 14.4. The zero-order valence-corrected chi connectivity index (χ0v) is 15.2. The maximum atomic E-state index is 12.7. The van der Waals surface area contributed by atoms with Crippen molar-refractivity contribution in [3.05, 3.63) is 40.2 Å². The van der Waals surface area contributed by atoms with Gasteiger partial charge < -0.3 is 10.1 Å². The van der Waals surface area contributed by atoms with Crippen molar-refractivity contribution in [2.24, 2.45) is 0 Å². The highest BCUT2D eigenvalue weighted by Gasteiger charge is 2.23. The molecule has 0 radical (unpaired) electrons. The van der Waals surface area contributed by atoms with Crippen molar-refractivity contribution in [1.29, 1.82) is 0 Å². The van der Waals surface area contributed by atoms with Crippen molar-refractivity contribution in [2.45, 2.75) is 46.8 Å². The second kappa shape index (κ2) is 7.82. The number of anilines is 1. The monoisotopic (exact) mass is 371 g/mol. The number of halogens is 3. The minimum absolute atomic E-state index is 0.0443. The highest BCUT2D eigenvalue weighted by molar-refractivity contribution is 6.31. The molecule has 1 aromatic carbocycles. The number of alkyl halides is 2.